The van der Waals surface area contributed by atoms with Crippen LogP contribution in [0.5, 0.6) is 0 Å². The molecule has 0 spiro atoms. The Morgan fingerprint density at radius 1 is 1.40 bits per heavy atom. The fourth-order valence-corrected chi connectivity index (χ4v) is 2.50. The van der Waals surface area contributed by atoms with Crippen molar-refractivity contribution in [3.63, 3.8) is 0 Å². The van der Waals surface area contributed by atoms with Gasteiger partial charge in [0.2, 0.25) is 0 Å². The molecule has 58 valence electrons. The predicted octanol–water partition coefficient (Wildman–Crippen LogP) is 0.734. The largest absolute Gasteiger partial charge is 0.300 e. The minimum Gasteiger partial charge on any atom is -0.300 e. The standard InChI is InChI=1S/C7H12O2S/c1-6(8)7-2-4-10(9)5-3-7/h7H,2-5H2,1H3. The predicted molar refractivity (Wildman–Crippen MR) is 41.3 cm³/mol. The van der Waals surface area contributed by atoms with E-state index in [-0.39, 0.29) is 11.7 Å². The molecule has 1 fully saturated rings. The molecular weight excluding hydrogens is 148 g/mol. The molecule has 1 aliphatic rings. The summed E-state index contributed by atoms with van der Waals surface area (Å²) in [7, 11) is -0.630. The second kappa shape index (κ2) is 3.28. The molecule has 0 radical (unpaired) electrons. The monoisotopic (exact) mass is 160 g/mol. The number of ketones is 1. The topological polar surface area (TPSA) is 34.1 Å². The van der Waals surface area contributed by atoms with Gasteiger partial charge in [-0.1, -0.05) is 0 Å². The first kappa shape index (κ1) is 7.92. The van der Waals surface area contributed by atoms with Crippen molar-refractivity contribution in [3.05, 3.63) is 0 Å². The van der Waals surface area contributed by atoms with Crippen LogP contribution in [-0.2, 0) is 15.6 Å². The van der Waals surface area contributed by atoms with E-state index in [1.807, 2.05) is 0 Å². The van der Waals surface area contributed by atoms with Crippen molar-refractivity contribution < 1.29 is 9.00 Å². The van der Waals surface area contributed by atoms with Crippen LogP contribution in [0.1, 0.15) is 19.8 Å². The van der Waals surface area contributed by atoms with E-state index in [0.717, 1.165) is 24.3 Å². The van der Waals surface area contributed by atoms with Crippen LogP contribution in [0.4, 0.5) is 0 Å². The SMILES string of the molecule is CC(=O)C1CCS(=O)CC1. The first-order chi connectivity index (χ1) is 4.70. The van der Waals surface area contributed by atoms with E-state index in [0.29, 0.717) is 0 Å². The van der Waals surface area contributed by atoms with Gasteiger partial charge in [0.1, 0.15) is 5.78 Å². The summed E-state index contributed by atoms with van der Waals surface area (Å²) >= 11 is 0. The van der Waals surface area contributed by atoms with Gasteiger partial charge in [0.05, 0.1) is 0 Å². The maximum absolute atomic E-state index is 10.8. The normalized spacial score (nSPS) is 33.7. The third-order valence-electron chi connectivity index (χ3n) is 1.96. The van der Waals surface area contributed by atoms with Crippen molar-refractivity contribution in [2.45, 2.75) is 19.8 Å². The number of Topliss-reactive ketones (excluding diaryl/α,β-unsaturated/α-hetero) is 1. The number of rotatable bonds is 1. The first-order valence-corrected chi connectivity index (χ1v) is 5.04. The molecule has 1 heterocycles. The van der Waals surface area contributed by atoms with Crippen molar-refractivity contribution in [2.75, 3.05) is 11.5 Å². The lowest BCUT2D eigenvalue weighted by Gasteiger charge is -2.17. The number of carbonyl (C=O) groups excluding carboxylic acids is 1. The van der Waals surface area contributed by atoms with Crippen LogP contribution in [0, 0.1) is 5.92 Å². The average molecular weight is 160 g/mol. The highest BCUT2D eigenvalue weighted by molar-refractivity contribution is 7.85. The van der Waals surface area contributed by atoms with Crippen LogP contribution in [0.25, 0.3) is 0 Å². The van der Waals surface area contributed by atoms with E-state index in [2.05, 4.69) is 0 Å². The summed E-state index contributed by atoms with van der Waals surface area (Å²) in [6.45, 7) is 1.62. The Balaban J connectivity index is 2.40. The van der Waals surface area contributed by atoms with Gasteiger partial charge in [0.25, 0.3) is 0 Å². The second-order valence-corrected chi connectivity index (χ2v) is 4.43. The lowest BCUT2D eigenvalue weighted by molar-refractivity contribution is -0.120. The van der Waals surface area contributed by atoms with Gasteiger partial charge in [-0.3, -0.25) is 9.00 Å². The third-order valence-corrected chi connectivity index (χ3v) is 3.34. The van der Waals surface area contributed by atoms with Crippen molar-refractivity contribution in [1.29, 1.82) is 0 Å². The minimum atomic E-state index is -0.630. The van der Waals surface area contributed by atoms with Gasteiger partial charge in [-0.2, -0.15) is 0 Å². The van der Waals surface area contributed by atoms with E-state index in [1.54, 1.807) is 6.92 Å². The highest BCUT2D eigenvalue weighted by Gasteiger charge is 2.20. The zero-order chi connectivity index (χ0) is 7.56. The molecule has 0 N–H and O–H groups in total. The lowest BCUT2D eigenvalue weighted by Crippen LogP contribution is -2.23. The fraction of sp³-hybridized carbons (Fsp3) is 0.857. The van der Waals surface area contributed by atoms with Crippen molar-refractivity contribution in [3.8, 4) is 0 Å². The highest BCUT2D eigenvalue weighted by Crippen LogP contribution is 2.16. The van der Waals surface area contributed by atoms with Crippen LogP contribution in [0.15, 0.2) is 0 Å². The van der Waals surface area contributed by atoms with Gasteiger partial charge in [-0.25, -0.2) is 0 Å². The molecule has 0 aromatic rings. The van der Waals surface area contributed by atoms with Crippen molar-refractivity contribution in [2.24, 2.45) is 5.92 Å². The molecule has 0 unspecified atom stereocenters. The molecule has 0 aromatic heterocycles. The molecule has 10 heavy (non-hydrogen) atoms. The Hall–Kier alpha value is -0.180. The van der Waals surface area contributed by atoms with Gasteiger partial charge < -0.3 is 0 Å². The molecule has 0 aromatic carbocycles. The van der Waals surface area contributed by atoms with E-state index in [4.69, 9.17) is 0 Å². The number of carbonyl (C=O) groups is 1. The van der Waals surface area contributed by atoms with Gasteiger partial charge in [0.15, 0.2) is 0 Å². The van der Waals surface area contributed by atoms with Crippen molar-refractivity contribution >= 4 is 16.6 Å². The summed E-state index contributed by atoms with van der Waals surface area (Å²) in [6, 6.07) is 0. The molecule has 0 aliphatic carbocycles. The van der Waals surface area contributed by atoms with Crippen LogP contribution in [0.2, 0.25) is 0 Å². The maximum Gasteiger partial charge on any atom is 0.132 e. The molecule has 1 saturated heterocycles. The van der Waals surface area contributed by atoms with Crippen LogP contribution < -0.4 is 0 Å². The summed E-state index contributed by atoms with van der Waals surface area (Å²) < 4.78 is 10.8. The van der Waals surface area contributed by atoms with Crippen LogP contribution in [0.3, 0.4) is 0 Å². The molecule has 0 bridgehead atoms. The first-order valence-electron chi connectivity index (χ1n) is 3.55. The van der Waals surface area contributed by atoms with Crippen molar-refractivity contribution in [1.82, 2.24) is 0 Å². The number of hydrogen-bond acceptors (Lipinski definition) is 2. The maximum atomic E-state index is 10.8. The Morgan fingerprint density at radius 3 is 2.30 bits per heavy atom. The van der Waals surface area contributed by atoms with Gasteiger partial charge in [0, 0.05) is 28.2 Å². The Bertz CT molecular complexity index is 155. The Labute approximate surface area is 63.5 Å². The zero-order valence-electron chi connectivity index (χ0n) is 6.13. The van der Waals surface area contributed by atoms with E-state index >= 15 is 0 Å². The molecule has 2 nitrogen and oxygen atoms in total. The molecule has 1 rings (SSSR count). The Kier molecular flexibility index (Phi) is 2.60. The second-order valence-electron chi connectivity index (χ2n) is 2.73. The molecule has 0 atom stereocenters. The van der Waals surface area contributed by atoms with E-state index in [1.165, 1.54) is 0 Å². The molecule has 0 amide bonds. The minimum absolute atomic E-state index is 0.206. The quantitative estimate of drug-likeness (QED) is 0.567. The summed E-state index contributed by atoms with van der Waals surface area (Å²) in [5.41, 5.74) is 0. The zero-order valence-corrected chi connectivity index (χ0v) is 6.95. The van der Waals surface area contributed by atoms with Crippen LogP contribution >= 0.6 is 0 Å². The van der Waals surface area contributed by atoms with E-state index in [9.17, 15) is 9.00 Å². The fourth-order valence-electron chi connectivity index (χ4n) is 1.20. The summed E-state index contributed by atoms with van der Waals surface area (Å²) in [5.74, 6) is 1.92. The summed E-state index contributed by atoms with van der Waals surface area (Å²) in [5, 5.41) is 0. The summed E-state index contributed by atoms with van der Waals surface area (Å²) in [6.07, 6.45) is 1.67. The average Bonchev–Trinajstić information content (AvgIpc) is 1.88. The summed E-state index contributed by atoms with van der Waals surface area (Å²) in [4.78, 5) is 10.8. The molecule has 0 saturated carbocycles. The molecular formula is C7H12O2S. The highest BCUT2D eigenvalue weighted by atomic mass is 32.2. The van der Waals surface area contributed by atoms with Gasteiger partial charge >= 0.3 is 0 Å². The lowest BCUT2D eigenvalue weighted by atomic mass is 9.99. The van der Waals surface area contributed by atoms with E-state index < -0.39 is 10.8 Å². The third kappa shape index (κ3) is 1.90. The number of hydrogen-bond donors (Lipinski definition) is 0. The van der Waals surface area contributed by atoms with Gasteiger partial charge in [-0.05, 0) is 19.8 Å². The molecule has 3 heteroatoms. The Morgan fingerprint density at radius 2 is 1.90 bits per heavy atom. The smallest absolute Gasteiger partial charge is 0.132 e. The van der Waals surface area contributed by atoms with Gasteiger partial charge in [-0.15, -0.1) is 0 Å². The molecule has 1 aliphatic heterocycles. The van der Waals surface area contributed by atoms with Crippen LogP contribution in [-0.4, -0.2) is 21.5 Å².